The Morgan fingerprint density at radius 3 is 2.00 bits per heavy atom. The molecule has 2 aromatic carbocycles. The highest BCUT2D eigenvalue weighted by Gasteiger charge is 2.28. The summed E-state index contributed by atoms with van der Waals surface area (Å²) in [6, 6.07) is 16.6. The summed E-state index contributed by atoms with van der Waals surface area (Å²) in [5, 5.41) is 0. The Kier molecular flexibility index (Phi) is 12.7. The maximum atomic E-state index is 12.1. The van der Waals surface area contributed by atoms with E-state index in [1.54, 1.807) is 32.9 Å². The Balaban J connectivity index is 0.000000230. The largest absolute Gasteiger partial charge is 0.508 e. The standard InChI is InChI=1S/C12H19O6PS.C9H10O.C4H6O3/c1-4-16-19(13,17-5-2)10-18-20(14,15)12-8-6-11(3)7-9-12;1-2-4-8(5-3-1)6-9-7-10-9;1-3-2-6-4(5)7-3/h6-9H,4-5,10H2,1-3H3;1-5,9H,6-7H2;3H,2H2,1H3. The number of ether oxygens (including phenoxy) is 3. The number of benzene rings is 2. The first kappa shape index (κ1) is 31.0. The lowest BCUT2D eigenvalue weighted by atomic mass is 10.1. The SMILES string of the molecule is CC1COC(=O)O1.CCOP(=O)(COS(=O)(=O)c1ccc(C)cc1)OCC.c1ccc(CC2CO2)cc1. The van der Waals surface area contributed by atoms with Crippen molar-refractivity contribution < 1.29 is 45.2 Å². The maximum absolute atomic E-state index is 12.1. The quantitative estimate of drug-likeness (QED) is 0.168. The molecule has 0 saturated carbocycles. The Hall–Kier alpha value is -2.27. The van der Waals surface area contributed by atoms with Gasteiger partial charge in [0.1, 0.15) is 12.7 Å². The molecule has 2 fully saturated rings. The second-order valence-corrected chi connectivity index (χ2v) is 11.7. The molecule has 0 spiro atoms. The van der Waals surface area contributed by atoms with Gasteiger partial charge in [0.15, 0.2) is 6.35 Å². The van der Waals surface area contributed by atoms with Crippen LogP contribution in [0.15, 0.2) is 59.5 Å². The monoisotopic (exact) mass is 558 g/mol. The summed E-state index contributed by atoms with van der Waals surface area (Å²) in [6.07, 6.45) is 0.369. The average molecular weight is 559 g/mol. The normalized spacial score (nSPS) is 18.4. The van der Waals surface area contributed by atoms with E-state index in [-0.39, 0.29) is 24.2 Å². The van der Waals surface area contributed by atoms with E-state index in [2.05, 4.69) is 33.7 Å². The minimum absolute atomic E-state index is 0.00245. The molecule has 0 radical (unpaired) electrons. The third-order valence-electron chi connectivity index (χ3n) is 4.77. The molecular weight excluding hydrogens is 523 g/mol. The number of carbonyl (C=O) groups is 1. The van der Waals surface area contributed by atoms with Gasteiger partial charge in [-0.15, -0.1) is 0 Å². The summed E-state index contributed by atoms with van der Waals surface area (Å²) in [4.78, 5) is 10.0. The Bertz CT molecular complexity index is 1090. The van der Waals surface area contributed by atoms with Crippen LogP contribution in [0.25, 0.3) is 0 Å². The van der Waals surface area contributed by atoms with E-state index in [1.807, 2.05) is 13.0 Å². The van der Waals surface area contributed by atoms with Gasteiger partial charge in [0.25, 0.3) is 10.1 Å². The van der Waals surface area contributed by atoms with Gasteiger partial charge in [-0.25, -0.2) is 4.79 Å². The van der Waals surface area contributed by atoms with E-state index in [4.69, 9.17) is 18.0 Å². The lowest BCUT2D eigenvalue weighted by Crippen LogP contribution is -2.10. The molecule has 37 heavy (non-hydrogen) atoms. The molecule has 2 aromatic rings. The second-order valence-electron chi connectivity index (χ2n) is 8.10. The molecule has 2 aliphatic rings. The van der Waals surface area contributed by atoms with Gasteiger partial charge < -0.3 is 23.3 Å². The van der Waals surface area contributed by atoms with Crippen LogP contribution in [0.4, 0.5) is 4.79 Å². The van der Waals surface area contributed by atoms with Crippen LogP contribution in [0, 0.1) is 6.92 Å². The van der Waals surface area contributed by atoms with Gasteiger partial charge >= 0.3 is 13.8 Å². The molecule has 2 aliphatic heterocycles. The van der Waals surface area contributed by atoms with Gasteiger partial charge in [-0.1, -0.05) is 48.0 Å². The van der Waals surface area contributed by atoms with Crippen LogP contribution in [0.2, 0.25) is 0 Å². The number of hydrogen-bond donors (Lipinski definition) is 0. The van der Waals surface area contributed by atoms with Crippen LogP contribution in [-0.2, 0) is 48.5 Å². The van der Waals surface area contributed by atoms with Crippen LogP contribution < -0.4 is 0 Å². The van der Waals surface area contributed by atoms with Crippen molar-refractivity contribution in [3.05, 3.63) is 65.7 Å². The summed E-state index contributed by atoms with van der Waals surface area (Å²) in [5.74, 6) is 0. The molecule has 0 aliphatic carbocycles. The summed E-state index contributed by atoms with van der Waals surface area (Å²) >= 11 is 0. The molecule has 0 aromatic heterocycles. The molecule has 0 amide bonds. The van der Waals surface area contributed by atoms with Crippen molar-refractivity contribution in [3.8, 4) is 0 Å². The summed E-state index contributed by atoms with van der Waals surface area (Å²) < 4.78 is 64.7. The van der Waals surface area contributed by atoms with Gasteiger partial charge in [0.2, 0.25) is 0 Å². The van der Waals surface area contributed by atoms with Crippen LogP contribution in [0.3, 0.4) is 0 Å². The predicted octanol–water partition coefficient (Wildman–Crippen LogP) is 5.09. The number of carbonyl (C=O) groups excluding carboxylic acids is 1. The van der Waals surface area contributed by atoms with E-state index in [9.17, 15) is 17.8 Å². The van der Waals surface area contributed by atoms with Crippen molar-refractivity contribution in [1.29, 1.82) is 0 Å². The van der Waals surface area contributed by atoms with Crippen molar-refractivity contribution in [2.24, 2.45) is 0 Å². The Labute approximate surface area is 218 Å². The van der Waals surface area contributed by atoms with Crippen molar-refractivity contribution in [1.82, 2.24) is 0 Å². The van der Waals surface area contributed by atoms with E-state index < -0.39 is 30.2 Å². The molecule has 0 N–H and O–H groups in total. The Morgan fingerprint density at radius 2 is 1.57 bits per heavy atom. The number of hydrogen-bond acceptors (Lipinski definition) is 10. The maximum Gasteiger partial charge on any atom is 0.508 e. The van der Waals surface area contributed by atoms with Crippen LogP contribution in [-0.4, -0.2) is 59.6 Å². The lowest BCUT2D eigenvalue weighted by Gasteiger charge is -2.16. The van der Waals surface area contributed by atoms with E-state index in [1.165, 1.54) is 17.7 Å². The number of cyclic esters (lactones) is 2. The summed E-state index contributed by atoms with van der Waals surface area (Å²) in [5.41, 5.74) is 2.31. The van der Waals surface area contributed by atoms with E-state index >= 15 is 0 Å². The van der Waals surface area contributed by atoms with Crippen LogP contribution in [0.5, 0.6) is 0 Å². The predicted molar refractivity (Wildman–Crippen MR) is 137 cm³/mol. The summed E-state index contributed by atoms with van der Waals surface area (Å²) in [7, 11) is -7.53. The molecule has 2 saturated heterocycles. The zero-order valence-electron chi connectivity index (χ0n) is 21.5. The zero-order valence-corrected chi connectivity index (χ0v) is 23.2. The minimum Gasteiger partial charge on any atom is -0.430 e. The van der Waals surface area contributed by atoms with Crippen LogP contribution >= 0.6 is 7.60 Å². The molecular formula is C25H35O10PS. The molecule has 12 heteroatoms. The fraction of sp³-hybridized carbons (Fsp3) is 0.480. The summed E-state index contributed by atoms with van der Waals surface area (Å²) in [6.45, 7) is 8.55. The molecule has 2 heterocycles. The molecule has 10 nitrogen and oxygen atoms in total. The number of epoxide rings is 1. The molecule has 206 valence electrons. The van der Waals surface area contributed by atoms with E-state index in [0.717, 1.165) is 18.6 Å². The van der Waals surface area contributed by atoms with Gasteiger partial charge in [-0.05, 0) is 45.4 Å². The molecule has 2 atom stereocenters. The average Bonchev–Trinajstić information content (AvgIpc) is 3.60. The third kappa shape index (κ3) is 12.2. The topological polar surface area (TPSA) is 127 Å². The van der Waals surface area contributed by atoms with Crippen molar-refractivity contribution in [2.45, 2.75) is 51.2 Å². The third-order valence-corrected chi connectivity index (χ3v) is 7.97. The highest BCUT2D eigenvalue weighted by Crippen LogP contribution is 2.48. The zero-order chi connectivity index (χ0) is 27.3. The van der Waals surface area contributed by atoms with Gasteiger partial charge in [-0.3, -0.25) is 8.75 Å². The minimum atomic E-state index is -3.98. The van der Waals surface area contributed by atoms with Crippen molar-refractivity contribution in [2.75, 3.05) is 32.8 Å². The fourth-order valence-electron chi connectivity index (χ4n) is 2.89. The fourth-order valence-corrected chi connectivity index (χ4v) is 5.58. The van der Waals surface area contributed by atoms with Gasteiger partial charge in [0, 0.05) is 6.42 Å². The smallest absolute Gasteiger partial charge is 0.430 e. The van der Waals surface area contributed by atoms with Gasteiger partial charge in [-0.2, -0.15) is 8.42 Å². The first-order valence-corrected chi connectivity index (χ1v) is 15.0. The van der Waals surface area contributed by atoms with Crippen molar-refractivity contribution >= 4 is 23.9 Å². The first-order valence-electron chi connectivity index (χ1n) is 11.9. The van der Waals surface area contributed by atoms with Gasteiger partial charge in [0.05, 0.1) is 30.8 Å². The lowest BCUT2D eigenvalue weighted by molar-refractivity contribution is 0.121. The van der Waals surface area contributed by atoms with E-state index in [0.29, 0.717) is 12.7 Å². The number of aryl methyl sites for hydroxylation is 1. The molecule has 0 bridgehead atoms. The highest BCUT2D eigenvalue weighted by atomic mass is 32.2. The first-order chi connectivity index (χ1) is 17.6. The second kappa shape index (κ2) is 15.2. The molecule has 4 rings (SSSR count). The highest BCUT2D eigenvalue weighted by molar-refractivity contribution is 7.87. The van der Waals surface area contributed by atoms with Crippen molar-refractivity contribution in [3.63, 3.8) is 0 Å². The Morgan fingerprint density at radius 1 is 0.973 bits per heavy atom. The van der Waals surface area contributed by atoms with Crippen LogP contribution in [0.1, 0.15) is 31.9 Å². The molecule has 2 unspecified atom stereocenters. The number of rotatable bonds is 10.